The fraction of sp³-hybridized carbons (Fsp3) is 0.194. The predicted molar refractivity (Wildman–Crippen MR) is 169 cm³/mol. The van der Waals surface area contributed by atoms with Crippen LogP contribution in [-0.2, 0) is 23.4 Å². The van der Waals surface area contributed by atoms with E-state index in [2.05, 4.69) is 10.2 Å². The van der Waals surface area contributed by atoms with Gasteiger partial charge in [-0.3, -0.25) is 14.9 Å². The number of pyridine rings is 2. The monoisotopic (exact) mass is 600 g/mol. The molecule has 0 aliphatic carbocycles. The first-order valence-corrected chi connectivity index (χ1v) is 14.8. The van der Waals surface area contributed by atoms with Crippen LogP contribution in [0.3, 0.4) is 0 Å². The Morgan fingerprint density at radius 3 is 1.93 bits per heavy atom. The third-order valence-corrected chi connectivity index (χ3v) is 8.19. The minimum absolute atomic E-state index is 0.0127. The summed E-state index contributed by atoms with van der Waals surface area (Å²) in [6, 6.07) is 27.2. The van der Waals surface area contributed by atoms with E-state index in [1.165, 1.54) is 12.1 Å². The number of nitrogens with one attached hydrogen (secondary N) is 1. The molecule has 9 heteroatoms. The average Bonchev–Trinajstić information content (AvgIpc) is 3.28. The zero-order chi connectivity index (χ0) is 31.1. The van der Waals surface area contributed by atoms with E-state index in [1.54, 1.807) is 30.3 Å². The van der Waals surface area contributed by atoms with Gasteiger partial charge in [0.2, 0.25) is 0 Å². The minimum atomic E-state index is -1.31. The van der Waals surface area contributed by atoms with E-state index < -0.39 is 11.6 Å². The van der Waals surface area contributed by atoms with E-state index in [4.69, 9.17) is 19.4 Å². The van der Waals surface area contributed by atoms with Crippen molar-refractivity contribution >= 4 is 11.7 Å². The van der Waals surface area contributed by atoms with Crippen molar-refractivity contribution in [3.63, 3.8) is 0 Å². The number of hydrogen-bond donors (Lipinski definition) is 3. The third kappa shape index (κ3) is 5.32. The number of rotatable bonds is 8. The fourth-order valence-electron chi connectivity index (χ4n) is 6.21. The van der Waals surface area contributed by atoms with Crippen LogP contribution in [0.2, 0.25) is 0 Å². The van der Waals surface area contributed by atoms with Gasteiger partial charge in [-0.25, -0.2) is 4.79 Å². The first kappa shape index (κ1) is 28.4. The van der Waals surface area contributed by atoms with Gasteiger partial charge in [-0.05, 0) is 80.6 Å². The summed E-state index contributed by atoms with van der Waals surface area (Å²) >= 11 is 0. The summed E-state index contributed by atoms with van der Waals surface area (Å²) in [5, 5.41) is 24.0. The molecule has 0 saturated heterocycles. The quantitative estimate of drug-likeness (QED) is 0.179. The molecule has 0 atom stereocenters. The van der Waals surface area contributed by atoms with Crippen LogP contribution in [0.15, 0.2) is 91.0 Å². The molecule has 2 aromatic heterocycles. The second kappa shape index (κ2) is 11.3. The molecule has 2 aliphatic heterocycles. The number of carbonyl (C=O) groups is 1. The van der Waals surface area contributed by atoms with E-state index in [-0.39, 0.29) is 11.5 Å². The molecular formula is C36H32N4O5. The van der Waals surface area contributed by atoms with Crippen molar-refractivity contribution in [3.05, 3.63) is 136 Å². The van der Waals surface area contributed by atoms with Crippen LogP contribution in [-0.4, -0.2) is 44.1 Å². The number of hydrogen-bond acceptors (Lipinski definition) is 9. The van der Waals surface area contributed by atoms with Gasteiger partial charge in [0.15, 0.2) is 5.60 Å². The van der Waals surface area contributed by atoms with E-state index >= 15 is 0 Å². The molecule has 1 spiro atoms. The molecule has 0 unspecified atom stereocenters. The maximum absolute atomic E-state index is 13.3. The summed E-state index contributed by atoms with van der Waals surface area (Å²) in [7, 11) is 0. The van der Waals surface area contributed by atoms with Gasteiger partial charge in [-0.2, -0.15) is 0 Å². The lowest BCUT2D eigenvalue weighted by atomic mass is 9.77. The van der Waals surface area contributed by atoms with Gasteiger partial charge < -0.3 is 25.0 Å². The number of aryl methyl sites for hydroxylation is 2. The summed E-state index contributed by atoms with van der Waals surface area (Å²) in [4.78, 5) is 25.0. The number of fused-ring (bicyclic) bond motifs is 6. The van der Waals surface area contributed by atoms with Gasteiger partial charge in [0.1, 0.15) is 23.0 Å². The molecule has 2 aliphatic rings. The zero-order valence-electron chi connectivity index (χ0n) is 24.9. The highest BCUT2D eigenvalue weighted by Crippen LogP contribution is 2.57. The summed E-state index contributed by atoms with van der Waals surface area (Å²) in [6.45, 7) is 6.65. The number of esters is 1. The number of phenolic OH excluding ortho intramolecular Hbond substituents is 2. The molecule has 0 amide bonds. The molecule has 226 valence electrons. The Kier molecular flexibility index (Phi) is 7.10. The topological polar surface area (TPSA) is 117 Å². The van der Waals surface area contributed by atoms with E-state index in [9.17, 15) is 15.0 Å². The van der Waals surface area contributed by atoms with E-state index in [0.717, 1.165) is 28.5 Å². The lowest BCUT2D eigenvalue weighted by Gasteiger charge is -2.36. The molecule has 5 aromatic rings. The highest BCUT2D eigenvalue weighted by atomic mass is 16.6. The molecule has 0 radical (unpaired) electrons. The van der Waals surface area contributed by atoms with Gasteiger partial charge >= 0.3 is 5.97 Å². The van der Waals surface area contributed by atoms with Crippen LogP contribution >= 0.6 is 0 Å². The Bertz CT molecular complexity index is 1840. The van der Waals surface area contributed by atoms with Crippen molar-refractivity contribution in [2.75, 3.05) is 18.4 Å². The Balaban J connectivity index is 1.19. The number of benzene rings is 3. The number of carbonyl (C=O) groups excluding carboxylic acids is 1. The number of aromatic nitrogens is 2. The SMILES string of the molecule is Cc1cccc(CN(CCNc2ccc3c(c2)C2(OC3=O)c3ccc(O)cc3Oc3cc(O)ccc32)Cc2cccc(C)n2)n1. The number of nitrogens with zero attached hydrogens (tertiary/aromatic N) is 3. The van der Waals surface area contributed by atoms with E-state index in [0.29, 0.717) is 59.9 Å². The van der Waals surface area contributed by atoms with E-state index in [1.807, 2.05) is 62.4 Å². The molecule has 3 aromatic carbocycles. The largest absolute Gasteiger partial charge is 0.508 e. The van der Waals surface area contributed by atoms with Crippen molar-refractivity contribution < 1.29 is 24.5 Å². The fourth-order valence-corrected chi connectivity index (χ4v) is 6.21. The lowest BCUT2D eigenvalue weighted by Crippen LogP contribution is -2.33. The predicted octanol–water partition coefficient (Wildman–Crippen LogP) is 6.19. The second-order valence-corrected chi connectivity index (χ2v) is 11.5. The smallest absolute Gasteiger partial charge is 0.340 e. The molecule has 45 heavy (non-hydrogen) atoms. The number of anilines is 1. The molecule has 0 bridgehead atoms. The van der Waals surface area contributed by atoms with Crippen LogP contribution in [0.5, 0.6) is 23.0 Å². The van der Waals surface area contributed by atoms with Crippen LogP contribution in [0, 0.1) is 13.8 Å². The van der Waals surface area contributed by atoms with Crippen LogP contribution in [0.25, 0.3) is 0 Å². The van der Waals surface area contributed by atoms with Crippen LogP contribution in [0.1, 0.15) is 49.8 Å². The Morgan fingerprint density at radius 2 is 1.36 bits per heavy atom. The van der Waals surface area contributed by atoms with Gasteiger partial charge in [-0.1, -0.05) is 12.1 Å². The Labute approximate surface area is 260 Å². The molecule has 9 nitrogen and oxygen atoms in total. The Morgan fingerprint density at radius 1 is 0.756 bits per heavy atom. The maximum atomic E-state index is 13.3. The standard InChI is InChI=1S/C36H32N4O5/c1-22-5-3-7-25(38-22)20-40(21-26-8-4-6-23(2)39-26)16-15-37-24-9-12-29-32(17-24)36(45-35(29)43)30-13-10-27(41)18-33(30)44-34-19-28(42)11-14-31(34)36/h3-14,17-19,37,41-42H,15-16,20-21H2,1-2H3. The first-order valence-electron chi connectivity index (χ1n) is 14.8. The molecular weight excluding hydrogens is 568 g/mol. The Hall–Kier alpha value is -5.41. The highest BCUT2D eigenvalue weighted by Gasteiger charge is 2.53. The molecule has 0 fully saturated rings. The summed E-state index contributed by atoms with van der Waals surface area (Å²) in [5.41, 5.74) is 5.72. The zero-order valence-corrected chi connectivity index (χ0v) is 24.9. The average molecular weight is 601 g/mol. The van der Waals surface area contributed by atoms with Gasteiger partial charge in [0.25, 0.3) is 0 Å². The van der Waals surface area contributed by atoms with Crippen molar-refractivity contribution in [2.45, 2.75) is 32.5 Å². The van der Waals surface area contributed by atoms with Crippen molar-refractivity contribution in [1.82, 2.24) is 14.9 Å². The molecule has 4 heterocycles. The van der Waals surface area contributed by atoms with Crippen molar-refractivity contribution in [3.8, 4) is 23.0 Å². The highest BCUT2D eigenvalue weighted by molar-refractivity contribution is 5.97. The van der Waals surface area contributed by atoms with Gasteiger partial charge in [-0.15, -0.1) is 0 Å². The van der Waals surface area contributed by atoms with Crippen molar-refractivity contribution in [1.29, 1.82) is 0 Å². The number of aromatic hydroxyl groups is 2. The van der Waals surface area contributed by atoms with Crippen LogP contribution in [0.4, 0.5) is 5.69 Å². The summed E-state index contributed by atoms with van der Waals surface area (Å²) < 4.78 is 12.3. The number of phenols is 2. The maximum Gasteiger partial charge on any atom is 0.340 e. The molecule has 7 rings (SSSR count). The lowest BCUT2D eigenvalue weighted by molar-refractivity contribution is 0.0224. The van der Waals surface area contributed by atoms with Crippen LogP contribution < -0.4 is 10.1 Å². The third-order valence-electron chi connectivity index (χ3n) is 8.19. The minimum Gasteiger partial charge on any atom is -0.508 e. The number of ether oxygens (including phenoxy) is 2. The first-order chi connectivity index (χ1) is 21.8. The summed E-state index contributed by atoms with van der Waals surface area (Å²) in [6.07, 6.45) is 0. The summed E-state index contributed by atoms with van der Waals surface area (Å²) in [5.74, 6) is 0.256. The molecule has 0 saturated carbocycles. The van der Waals surface area contributed by atoms with Crippen molar-refractivity contribution in [2.24, 2.45) is 0 Å². The molecule has 3 N–H and O–H groups in total. The second-order valence-electron chi connectivity index (χ2n) is 11.5. The normalized spacial score (nSPS) is 14.0. The van der Waals surface area contributed by atoms with Gasteiger partial charge in [0, 0.05) is 72.1 Å². The van der Waals surface area contributed by atoms with Gasteiger partial charge in [0.05, 0.1) is 17.0 Å².